The summed E-state index contributed by atoms with van der Waals surface area (Å²) in [6.07, 6.45) is 0.479. The highest BCUT2D eigenvalue weighted by atomic mass is 35.5. The standard InChI is InChI=1S/C24H31ClN4O5S/c1-24(2,3)34-23(32)29-9-7-28(8-10-29)11-13-33-18-4-5-19(20(25)15-18)22-27-17(16-35-22)14-21(31)26-6-12-30/h4-5,12,15-16H,6-11,13-14H2,1-3H3,(H,26,31). The largest absolute Gasteiger partial charge is 0.492 e. The third-order valence-electron chi connectivity index (χ3n) is 5.15. The van der Waals surface area contributed by atoms with Crippen molar-refractivity contribution in [3.05, 3.63) is 34.3 Å². The van der Waals surface area contributed by atoms with E-state index in [9.17, 15) is 14.4 Å². The summed E-state index contributed by atoms with van der Waals surface area (Å²) in [6.45, 7) is 9.62. The van der Waals surface area contributed by atoms with E-state index in [0.29, 0.717) is 47.5 Å². The zero-order valence-corrected chi connectivity index (χ0v) is 21.8. The molecule has 1 aliphatic rings. The van der Waals surface area contributed by atoms with Crippen LogP contribution in [0.25, 0.3) is 10.6 Å². The van der Waals surface area contributed by atoms with E-state index >= 15 is 0 Å². The van der Waals surface area contributed by atoms with Crippen LogP contribution in [-0.4, -0.2) is 84.5 Å². The molecule has 0 unspecified atom stereocenters. The molecule has 0 spiro atoms. The first-order valence-corrected chi connectivity index (χ1v) is 12.7. The number of hydrogen-bond donors (Lipinski definition) is 1. The molecule has 1 N–H and O–H groups in total. The SMILES string of the molecule is CC(C)(C)OC(=O)N1CCN(CCOc2ccc(-c3nc(CC(=O)NCC=O)cs3)c(Cl)c2)CC1. The molecule has 2 aromatic rings. The van der Waals surface area contributed by atoms with E-state index in [0.717, 1.165) is 25.2 Å². The summed E-state index contributed by atoms with van der Waals surface area (Å²) < 4.78 is 11.3. The Morgan fingerprint density at radius 1 is 1.23 bits per heavy atom. The van der Waals surface area contributed by atoms with E-state index in [1.807, 2.05) is 32.9 Å². The lowest BCUT2D eigenvalue weighted by molar-refractivity contribution is -0.121. The Bertz CT molecular complexity index is 1030. The molecule has 11 heteroatoms. The molecule has 0 atom stereocenters. The second-order valence-corrected chi connectivity index (χ2v) is 10.4. The molecule has 3 rings (SSSR count). The van der Waals surface area contributed by atoms with Crippen molar-refractivity contribution < 1.29 is 23.9 Å². The van der Waals surface area contributed by atoms with Crippen LogP contribution < -0.4 is 10.1 Å². The quantitative estimate of drug-likeness (QED) is 0.504. The molecule has 1 aromatic heterocycles. The summed E-state index contributed by atoms with van der Waals surface area (Å²) in [5.74, 6) is 0.409. The van der Waals surface area contributed by atoms with Crippen molar-refractivity contribution in [2.75, 3.05) is 45.9 Å². The third kappa shape index (κ3) is 8.48. The van der Waals surface area contributed by atoms with Crippen molar-refractivity contribution in [1.29, 1.82) is 0 Å². The van der Waals surface area contributed by atoms with Crippen molar-refractivity contribution in [1.82, 2.24) is 20.1 Å². The van der Waals surface area contributed by atoms with E-state index in [1.165, 1.54) is 11.3 Å². The average molecular weight is 523 g/mol. The van der Waals surface area contributed by atoms with Gasteiger partial charge < -0.3 is 24.5 Å². The van der Waals surface area contributed by atoms with Crippen LogP contribution in [0.4, 0.5) is 4.79 Å². The lowest BCUT2D eigenvalue weighted by Gasteiger charge is -2.35. The predicted molar refractivity (Wildman–Crippen MR) is 135 cm³/mol. The fourth-order valence-corrected chi connectivity index (χ4v) is 4.60. The van der Waals surface area contributed by atoms with Crippen molar-refractivity contribution in [2.24, 2.45) is 0 Å². The number of carbonyl (C=O) groups excluding carboxylic acids is 3. The molecule has 190 valence electrons. The highest BCUT2D eigenvalue weighted by Crippen LogP contribution is 2.33. The van der Waals surface area contributed by atoms with Crippen LogP contribution in [0.5, 0.6) is 5.75 Å². The number of rotatable bonds is 9. The van der Waals surface area contributed by atoms with Gasteiger partial charge in [-0.15, -0.1) is 11.3 Å². The van der Waals surface area contributed by atoms with Crippen molar-refractivity contribution >= 4 is 41.2 Å². The Kier molecular flexibility index (Phi) is 9.47. The normalized spacial score (nSPS) is 14.5. The van der Waals surface area contributed by atoms with Crippen molar-refractivity contribution in [3.8, 4) is 16.3 Å². The van der Waals surface area contributed by atoms with Crippen LogP contribution >= 0.6 is 22.9 Å². The van der Waals surface area contributed by atoms with E-state index in [-0.39, 0.29) is 25.0 Å². The third-order valence-corrected chi connectivity index (χ3v) is 6.38. The van der Waals surface area contributed by atoms with E-state index in [1.54, 1.807) is 16.3 Å². The van der Waals surface area contributed by atoms with Gasteiger partial charge in [0.25, 0.3) is 0 Å². The van der Waals surface area contributed by atoms with Crippen LogP contribution in [0.3, 0.4) is 0 Å². The molecular weight excluding hydrogens is 492 g/mol. The fourth-order valence-electron chi connectivity index (χ4n) is 3.43. The maximum atomic E-state index is 12.2. The van der Waals surface area contributed by atoms with E-state index < -0.39 is 5.60 Å². The molecule has 0 bridgehead atoms. The molecule has 1 aliphatic heterocycles. The summed E-state index contributed by atoms with van der Waals surface area (Å²) >= 11 is 7.88. The zero-order valence-electron chi connectivity index (χ0n) is 20.2. The van der Waals surface area contributed by atoms with Gasteiger partial charge in [-0.05, 0) is 39.0 Å². The number of nitrogens with zero attached hydrogens (tertiary/aromatic N) is 3. The lowest BCUT2D eigenvalue weighted by atomic mass is 10.2. The molecule has 1 saturated heterocycles. The van der Waals surface area contributed by atoms with Crippen LogP contribution in [0.1, 0.15) is 26.5 Å². The van der Waals surface area contributed by atoms with Gasteiger partial charge in [0.2, 0.25) is 5.91 Å². The number of carbonyl (C=O) groups is 3. The molecular formula is C24H31ClN4O5S. The van der Waals surface area contributed by atoms with Gasteiger partial charge in [0, 0.05) is 43.7 Å². The Morgan fingerprint density at radius 2 is 1.97 bits per heavy atom. The maximum Gasteiger partial charge on any atom is 0.410 e. The fraction of sp³-hybridized carbons (Fsp3) is 0.500. The summed E-state index contributed by atoms with van der Waals surface area (Å²) in [7, 11) is 0. The number of hydrogen-bond acceptors (Lipinski definition) is 8. The number of amides is 2. The Hall–Kier alpha value is -2.69. The Balaban J connectivity index is 1.44. The second-order valence-electron chi connectivity index (χ2n) is 9.09. The summed E-state index contributed by atoms with van der Waals surface area (Å²) in [4.78, 5) is 42.8. The smallest absolute Gasteiger partial charge is 0.410 e. The van der Waals surface area contributed by atoms with Gasteiger partial charge in [-0.2, -0.15) is 0 Å². The average Bonchev–Trinajstić information content (AvgIpc) is 3.25. The van der Waals surface area contributed by atoms with Crippen molar-refractivity contribution in [3.63, 3.8) is 0 Å². The summed E-state index contributed by atoms with van der Waals surface area (Å²) in [5, 5.41) is 5.52. The first-order chi connectivity index (χ1) is 16.6. The first kappa shape index (κ1) is 26.9. The molecule has 2 amide bonds. The van der Waals surface area contributed by atoms with Gasteiger partial charge in [0.15, 0.2) is 0 Å². The lowest BCUT2D eigenvalue weighted by Crippen LogP contribution is -2.50. The van der Waals surface area contributed by atoms with Gasteiger partial charge in [-0.25, -0.2) is 9.78 Å². The number of ether oxygens (including phenoxy) is 2. The monoisotopic (exact) mass is 522 g/mol. The molecule has 1 aromatic carbocycles. The number of benzene rings is 1. The van der Waals surface area contributed by atoms with Crippen molar-refractivity contribution in [2.45, 2.75) is 32.8 Å². The molecule has 9 nitrogen and oxygen atoms in total. The number of nitrogens with one attached hydrogen (secondary N) is 1. The zero-order chi connectivity index (χ0) is 25.4. The van der Waals surface area contributed by atoms with Gasteiger partial charge in [-0.1, -0.05) is 11.6 Å². The predicted octanol–water partition coefficient (Wildman–Crippen LogP) is 3.25. The minimum absolute atomic E-state index is 0.00853. The highest BCUT2D eigenvalue weighted by Gasteiger charge is 2.25. The minimum Gasteiger partial charge on any atom is -0.492 e. The maximum absolute atomic E-state index is 12.2. The number of piperazine rings is 1. The summed E-state index contributed by atoms with van der Waals surface area (Å²) in [5.41, 5.74) is 0.896. The van der Waals surface area contributed by atoms with Gasteiger partial charge in [0.05, 0.1) is 23.7 Å². The number of thiazole rings is 1. The van der Waals surface area contributed by atoms with E-state index in [2.05, 4.69) is 15.2 Å². The minimum atomic E-state index is -0.491. The van der Waals surface area contributed by atoms with Gasteiger partial charge >= 0.3 is 6.09 Å². The van der Waals surface area contributed by atoms with Gasteiger partial charge in [0.1, 0.15) is 29.3 Å². The summed E-state index contributed by atoms with van der Waals surface area (Å²) in [6, 6.07) is 5.46. The van der Waals surface area contributed by atoms with Crippen LogP contribution in [-0.2, 0) is 20.7 Å². The van der Waals surface area contributed by atoms with Crippen LogP contribution in [0.15, 0.2) is 23.6 Å². The van der Waals surface area contributed by atoms with Crippen LogP contribution in [0.2, 0.25) is 5.02 Å². The number of aromatic nitrogens is 1. The van der Waals surface area contributed by atoms with Gasteiger partial charge in [-0.3, -0.25) is 9.69 Å². The highest BCUT2D eigenvalue weighted by molar-refractivity contribution is 7.13. The Morgan fingerprint density at radius 3 is 2.63 bits per heavy atom. The molecule has 0 saturated carbocycles. The first-order valence-electron chi connectivity index (χ1n) is 11.4. The molecule has 1 fully saturated rings. The Labute approximate surface area is 214 Å². The van der Waals surface area contributed by atoms with E-state index in [4.69, 9.17) is 21.1 Å². The molecule has 2 heterocycles. The van der Waals surface area contributed by atoms with Crippen LogP contribution in [0, 0.1) is 0 Å². The molecule has 0 radical (unpaired) electrons. The number of aldehydes is 1. The molecule has 35 heavy (non-hydrogen) atoms. The second kappa shape index (κ2) is 12.3. The topological polar surface area (TPSA) is 101 Å². The number of halogens is 1. The molecule has 0 aliphatic carbocycles.